The van der Waals surface area contributed by atoms with Crippen molar-refractivity contribution in [3.63, 3.8) is 0 Å². The number of rotatable bonds is 3. The highest BCUT2D eigenvalue weighted by atomic mass is 16.5. The SMILES string of the molecule is COc1ccc(-c2cc(C(N)=O)[nH]n2)cc1. The van der Waals surface area contributed by atoms with Gasteiger partial charge in [-0.2, -0.15) is 5.10 Å². The molecule has 16 heavy (non-hydrogen) atoms. The third-order valence-electron chi connectivity index (χ3n) is 2.23. The molecule has 1 amide bonds. The number of carbonyl (C=O) groups excluding carboxylic acids is 1. The van der Waals surface area contributed by atoms with Crippen molar-refractivity contribution in [3.05, 3.63) is 36.0 Å². The Morgan fingerprint density at radius 2 is 2.06 bits per heavy atom. The van der Waals surface area contributed by atoms with Gasteiger partial charge in [0.25, 0.3) is 5.91 Å². The molecular weight excluding hydrogens is 206 g/mol. The molecule has 0 atom stereocenters. The van der Waals surface area contributed by atoms with E-state index in [1.807, 2.05) is 24.3 Å². The zero-order valence-corrected chi connectivity index (χ0v) is 8.73. The number of nitrogens with two attached hydrogens (primary N) is 1. The predicted octanol–water partition coefficient (Wildman–Crippen LogP) is 1.18. The number of hydrogen-bond acceptors (Lipinski definition) is 3. The lowest BCUT2D eigenvalue weighted by Crippen LogP contribution is -2.10. The van der Waals surface area contributed by atoms with Gasteiger partial charge in [-0.25, -0.2) is 0 Å². The quantitative estimate of drug-likeness (QED) is 0.810. The molecule has 5 heteroatoms. The van der Waals surface area contributed by atoms with E-state index in [-0.39, 0.29) is 0 Å². The number of aromatic amines is 1. The molecule has 0 radical (unpaired) electrons. The van der Waals surface area contributed by atoms with Gasteiger partial charge in [0.1, 0.15) is 11.4 Å². The molecule has 2 rings (SSSR count). The van der Waals surface area contributed by atoms with Crippen LogP contribution in [-0.4, -0.2) is 23.2 Å². The van der Waals surface area contributed by atoms with Crippen LogP contribution >= 0.6 is 0 Å². The lowest BCUT2D eigenvalue weighted by atomic mass is 10.1. The maximum Gasteiger partial charge on any atom is 0.266 e. The molecule has 0 unspecified atom stereocenters. The highest BCUT2D eigenvalue weighted by Gasteiger charge is 2.07. The van der Waals surface area contributed by atoms with E-state index in [9.17, 15) is 4.79 Å². The Balaban J connectivity index is 2.31. The third-order valence-corrected chi connectivity index (χ3v) is 2.23. The maximum absolute atomic E-state index is 10.9. The van der Waals surface area contributed by atoms with Crippen LogP contribution in [0.2, 0.25) is 0 Å². The number of nitrogens with one attached hydrogen (secondary N) is 1. The van der Waals surface area contributed by atoms with Crippen molar-refractivity contribution < 1.29 is 9.53 Å². The van der Waals surface area contributed by atoms with E-state index < -0.39 is 5.91 Å². The second-order valence-electron chi connectivity index (χ2n) is 3.26. The summed E-state index contributed by atoms with van der Waals surface area (Å²) in [5.74, 6) is 0.252. The van der Waals surface area contributed by atoms with E-state index in [4.69, 9.17) is 10.5 Å². The number of primary amides is 1. The molecule has 1 aromatic carbocycles. The number of nitrogens with zero attached hydrogens (tertiary/aromatic N) is 1. The molecule has 5 nitrogen and oxygen atoms in total. The van der Waals surface area contributed by atoms with Crippen LogP contribution in [0.1, 0.15) is 10.5 Å². The van der Waals surface area contributed by atoms with Gasteiger partial charge >= 0.3 is 0 Å². The second kappa shape index (κ2) is 4.06. The van der Waals surface area contributed by atoms with Gasteiger partial charge in [0.05, 0.1) is 12.8 Å². The van der Waals surface area contributed by atoms with Crippen LogP contribution in [0.5, 0.6) is 5.75 Å². The van der Waals surface area contributed by atoms with E-state index >= 15 is 0 Å². The maximum atomic E-state index is 10.9. The topological polar surface area (TPSA) is 81.0 Å². The van der Waals surface area contributed by atoms with Crippen molar-refractivity contribution in [3.8, 4) is 17.0 Å². The van der Waals surface area contributed by atoms with Gasteiger partial charge in [0, 0.05) is 5.56 Å². The van der Waals surface area contributed by atoms with Gasteiger partial charge in [0.15, 0.2) is 0 Å². The first kappa shape index (κ1) is 10.2. The van der Waals surface area contributed by atoms with E-state index in [2.05, 4.69) is 10.2 Å². The highest BCUT2D eigenvalue weighted by molar-refractivity contribution is 5.91. The van der Waals surface area contributed by atoms with E-state index in [1.54, 1.807) is 13.2 Å². The van der Waals surface area contributed by atoms with Gasteiger partial charge in [-0.05, 0) is 30.3 Å². The summed E-state index contributed by atoms with van der Waals surface area (Å²) in [6, 6.07) is 8.99. The normalized spacial score (nSPS) is 10.1. The van der Waals surface area contributed by atoms with Crippen LogP contribution in [0.15, 0.2) is 30.3 Å². The van der Waals surface area contributed by atoms with Crippen LogP contribution in [-0.2, 0) is 0 Å². The average Bonchev–Trinajstić information content (AvgIpc) is 2.78. The van der Waals surface area contributed by atoms with Crippen LogP contribution in [0.25, 0.3) is 11.3 Å². The molecule has 0 aliphatic heterocycles. The summed E-state index contributed by atoms with van der Waals surface area (Å²) >= 11 is 0. The van der Waals surface area contributed by atoms with Gasteiger partial charge < -0.3 is 10.5 Å². The number of methoxy groups -OCH3 is 1. The molecule has 0 saturated heterocycles. The van der Waals surface area contributed by atoms with Crippen LogP contribution in [0, 0.1) is 0 Å². The van der Waals surface area contributed by atoms with Crippen molar-refractivity contribution >= 4 is 5.91 Å². The summed E-state index contributed by atoms with van der Waals surface area (Å²) in [7, 11) is 1.61. The van der Waals surface area contributed by atoms with Gasteiger partial charge in [0.2, 0.25) is 0 Å². The molecule has 0 saturated carbocycles. The molecule has 0 bridgehead atoms. The molecule has 0 aliphatic rings. The number of hydrogen-bond donors (Lipinski definition) is 2. The first-order valence-corrected chi connectivity index (χ1v) is 4.70. The minimum Gasteiger partial charge on any atom is -0.497 e. The number of amides is 1. The monoisotopic (exact) mass is 217 g/mol. The zero-order valence-electron chi connectivity index (χ0n) is 8.73. The molecule has 0 spiro atoms. The van der Waals surface area contributed by atoms with Crippen molar-refractivity contribution in [1.29, 1.82) is 0 Å². The van der Waals surface area contributed by atoms with Crippen molar-refractivity contribution in [2.45, 2.75) is 0 Å². The molecule has 2 aromatic rings. The Hall–Kier alpha value is -2.30. The Morgan fingerprint density at radius 3 is 2.56 bits per heavy atom. The van der Waals surface area contributed by atoms with Gasteiger partial charge in [-0.15, -0.1) is 0 Å². The number of ether oxygens (including phenoxy) is 1. The number of benzene rings is 1. The molecule has 3 N–H and O–H groups in total. The average molecular weight is 217 g/mol. The molecule has 82 valence electrons. The summed E-state index contributed by atoms with van der Waals surface area (Å²) in [4.78, 5) is 10.9. The van der Waals surface area contributed by atoms with Crippen molar-refractivity contribution in [2.75, 3.05) is 7.11 Å². The third kappa shape index (κ3) is 1.88. The minimum atomic E-state index is -0.521. The Kier molecular flexibility index (Phi) is 2.59. The van der Waals surface area contributed by atoms with E-state index in [0.29, 0.717) is 11.4 Å². The fourth-order valence-electron chi connectivity index (χ4n) is 1.36. The highest BCUT2D eigenvalue weighted by Crippen LogP contribution is 2.20. The Bertz CT molecular complexity index is 502. The molecule has 0 aliphatic carbocycles. The predicted molar refractivity (Wildman–Crippen MR) is 59.1 cm³/mol. The number of carbonyl (C=O) groups is 1. The fraction of sp³-hybridized carbons (Fsp3) is 0.0909. The summed E-state index contributed by atoms with van der Waals surface area (Å²) in [5, 5.41) is 6.57. The van der Waals surface area contributed by atoms with E-state index in [0.717, 1.165) is 11.3 Å². The Labute approximate surface area is 92.2 Å². The fourth-order valence-corrected chi connectivity index (χ4v) is 1.36. The lowest BCUT2D eigenvalue weighted by molar-refractivity contribution is 0.0995. The number of H-pyrrole nitrogens is 1. The first-order chi connectivity index (χ1) is 7.70. The first-order valence-electron chi connectivity index (χ1n) is 4.70. The Morgan fingerprint density at radius 1 is 1.38 bits per heavy atom. The number of aromatic nitrogens is 2. The molecular formula is C11H11N3O2. The van der Waals surface area contributed by atoms with Gasteiger partial charge in [-0.3, -0.25) is 9.89 Å². The lowest BCUT2D eigenvalue weighted by Gasteiger charge is -1.99. The second-order valence-corrected chi connectivity index (χ2v) is 3.26. The molecule has 1 heterocycles. The van der Waals surface area contributed by atoms with Crippen molar-refractivity contribution in [2.24, 2.45) is 5.73 Å². The summed E-state index contributed by atoms with van der Waals surface area (Å²) in [6.07, 6.45) is 0. The molecule has 1 aromatic heterocycles. The van der Waals surface area contributed by atoms with E-state index in [1.165, 1.54) is 0 Å². The van der Waals surface area contributed by atoms with Crippen molar-refractivity contribution in [1.82, 2.24) is 10.2 Å². The smallest absolute Gasteiger partial charge is 0.266 e. The van der Waals surface area contributed by atoms with Crippen LogP contribution in [0.3, 0.4) is 0 Å². The van der Waals surface area contributed by atoms with Gasteiger partial charge in [-0.1, -0.05) is 0 Å². The van der Waals surface area contributed by atoms with Crippen LogP contribution < -0.4 is 10.5 Å². The summed E-state index contributed by atoms with van der Waals surface area (Å²) in [6.45, 7) is 0. The standard InChI is InChI=1S/C11H11N3O2/c1-16-8-4-2-7(3-5-8)9-6-10(11(12)15)14-13-9/h2-6H,1H3,(H2,12,15)(H,13,14). The summed E-state index contributed by atoms with van der Waals surface area (Å²) < 4.78 is 5.05. The molecule has 0 fully saturated rings. The minimum absolute atomic E-state index is 0.297. The summed E-state index contributed by atoms with van der Waals surface area (Å²) in [5.41, 5.74) is 6.99. The van der Waals surface area contributed by atoms with Crippen LogP contribution in [0.4, 0.5) is 0 Å². The largest absolute Gasteiger partial charge is 0.497 e. The zero-order chi connectivity index (χ0) is 11.5.